The van der Waals surface area contributed by atoms with Crippen molar-refractivity contribution in [3.05, 3.63) is 61.4 Å². The summed E-state index contributed by atoms with van der Waals surface area (Å²) in [6.45, 7) is -0.573. The van der Waals surface area contributed by atoms with Crippen molar-refractivity contribution in [2.24, 2.45) is 7.05 Å². The average molecular weight is 473 g/mol. The van der Waals surface area contributed by atoms with Crippen LogP contribution >= 0.6 is 11.6 Å². The molecular formula is C22H21ClN4O6. The molecule has 0 radical (unpaired) electrons. The molecule has 1 fully saturated rings. The van der Waals surface area contributed by atoms with Gasteiger partial charge in [-0.05, 0) is 37.1 Å². The standard InChI is InChI=1S/C22H21ClN4O6/c1-26-19-18(13(21(30)33-3)9-15(25-19)11-4-5-11)20(29)27(22(26)31)10-17(28)24-12-6-7-16(32-2)14(23)8-12/h6-9,11H,4-5,10H2,1-3H3,(H,24,28). The second kappa shape index (κ2) is 8.70. The van der Waals surface area contributed by atoms with E-state index in [4.69, 9.17) is 21.1 Å². The Morgan fingerprint density at radius 2 is 1.94 bits per heavy atom. The third-order valence-electron chi connectivity index (χ3n) is 5.45. The highest BCUT2D eigenvalue weighted by Crippen LogP contribution is 2.40. The van der Waals surface area contributed by atoms with Gasteiger partial charge in [-0.15, -0.1) is 0 Å². The molecule has 2 heterocycles. The number of aryl methyl sites for hydroxylation is 1. The molecule has 0 bridgehead atoms. The number of pyridine rings is 1. The van der Waals surface area contributed by atoms with E-state index in [9.17, 15) is 19.2 Å². The minimum absolute atomic E-state index is 0.0149. The zero-order valence-electron chi connectivity index (χ0n) is 18.2. The first-order valence-electron chi connectivity index (χ1n) is 10.1. The Bertz CT molecular complexity index is 1410. The molecule has 0 saturated heterocycles. The topological polar surface area (TPSA) is 122 Å². The number of esters is 1. The number of methoxy groups -OCH3 is 2. The molecular weight excluding hydrogens is 452 g/mol. The van der Waals surface area contributed by atoms with Gasteiger partial charge in [0.25, 0.3) is 5.56 Å². The number of carbonyl (C=O) groups is 2. The summed E-state index contributed by atoms with van der Waals surface area (Å²) in [5.74, 6) is -0.735. The first-order valence-corrected chi connectivity index (χ1v) is 10.5. The maximum atomic E-state index is 13.2. The number of hydrogen-bond acceptors (Lipinski definition) is 7. The molecule has 2 aromatic heterocycles. The number of carbonyl (C=O) groups excluding carboxylic acids is 2. The molecule has 0 unspecified atom stereocenters. The SMILES string of the molecule is COC(=O)c1cc(C2CC2)nc2c1c(=O)n(CC(=O)Nc1ccc(OC)c(Cl)c1)c(=O)n2C. The van der Waals surface area contributed by atoms with Gasteiger partial charge in [0.1, 0.15) is 17.9 Å². The summed E-state index contributed by atoms with van der Waals surface area (Å²) >= 11 is 6.07. The fraction of sp³-hybridized carbons (Fsp3) is 0.318. The van der Waals surface area contributed by atoms with Gasteiger partial charge in [0, 0.05) is 24.3 Å². The summed E-state index contributed by atoms with van der Waals surface area (Å²) in [5.41, 5.74) is -0.445. The lowest BCUT2D eigenvalue weighted by molar-refractivity contribution is -0.116. The lowest BCUT2D eigenvalue weighted by Crippen LogP contribution is -2.42. The number of rotatable bonds is 6. The highest BCUT2D eigenvalue weighted by atomic mass is 35.5. The summed E-state index contributed by atoms with van der Waals surface area (Å²) in [6, 6.07) is 6.16. The Balaban J connectivity index is 1.76. The molecule has 1 aromatic carbocycles. The van der Waals surface area contributed by atoms with Gasteiger partial charge in [0.2, 0.25) is 5.91 Å². The van der Waals surface area contributed by atoms with Crippen LogP contribution in [0.2, 0.25) is 5.02 Å². The molecule has 0 aliphatic heterocycles. The molecule has 1 saturated carbocycles. The molecule has 1 N–H and O–H groups in total. The normalized spacial score (nSPS) is 13.1. The first kappa shape index (κ1) is 22.5. The largest absolute Gasteiger partial charge is 0.495 e. The molecule has 0 spiro atoms. The fourth-order valence-corrected chi connectivity index (χ4v) is 3.84. The van der Waals surface area contributed by atoms with E-state index in [0.717, 1.165) is 22.0 Å². The van der Waals surface area contributed by atoms with Crippen LogP contribution in [0.5, 0.6) is 5.75 Å². The summed E-state index contributed by atoms with van der Waals surface area (Å²) in [4.78, 5) is 55.7. The molecule has 1 amide bonds. The van der Waals surface area contributed by atoms with E-state index >= 15 is 0 Å². The van der Waals surface area contributed by atoms with Crippen LogP contribution in [0, 0.1) is 0 Å². The number of nitrogens with one attached hydrogen (secondary N) is 1. The van der Waals surface area contributed by atoms with E-state index < -0.39 is 29.7 Å². The zero-order chi connectivity index (χ0) is 23.9. The van der Waals surface area contributed by atoms with E-state index in [1.54, 1.807) is 12.1 Å². The smallest absolute Gasteiger partial charge is 0.338 e. The van der Waals surface area contributed by atoms with Gasteiger partial charge < -0.3 is 14.8 Å². The fourth-order valence-electron chi connectivity index (χ4n) is 3.58. The Morgan fingerprint density at radius 3 is 2.55 bits per heavy atom. The lowest BCUT2D eigenvalue weighted by Gasteiger charge is -2.14. The highest BCUT2D eigenvalue weighted by molar-refractivity contribution is 6.32. The van der Waals surface area contributed by atoms with Crippen LogP contribution in [-0.2, 0) is 23.1 Å². The van der Waals surface area contributed by atoms with Crippen molar-refractivity contribution in [3.8, 4) is 5.75 Å². The zero-order valence-corrected chi connectivity index (χ0v) is 18.9. The third kappa shape index (κ3) is 4.21. The number of anilines is 1. The number of aromatic nitrogens is 3. The van der Waals surface area contributed by atoms with Crippen LogP contribution in [0.3, 0.4) is 0 Å². The summed E-state index contributed by atoms with van der Waals surface area (Å²) in [6.07, 6.45) is 1.83. The van der Waals surface area contributed by atoms with Crippen LogP contribution in [0.25, 0.3) is 11.0 Å². The van der Waals surface area contributed by atoms with Crippen molar-refractivity contribution in [3.63, 3.8) is 0 Å². The Morgan fingerprint density at radius 1 is 1.21 bits per heavy atom. The molecule has 1 aliphatic carbocycles. The van der Waals surface area contributed by atoms with Crippen LogP contribution in [0.15, 0.2) is 33.9 Å². The molecule has 4 rings (SSSR count). The van der Waals surface area contributed by atoms with Crippen molar-refractivity contribution in [2.75, 3.05) is 19.5 Å². The minimum Gasteiger partial charge on any atom is -0.495 e. The Kier molecular flexibility index (Phi) is 5.94. The monoisotopic (exact) mass is 472 g/mol. The van der Waals surface area contributed by atoms with Gasteiger partial charge in [-0.25, -0.2) is 14.6 Å². The molecule has 3 aromatic rings. The second-order valence-corrected chi connectivity index (χ2v) is 8.10. The van der Waals surface area contributed by atoms with Gasteiger partial charge in [0.05, 0.1) is 30.2 Å². The van der Waals surface area contributed by atoms with Gasteiger partial charge >= 0.3 is 11.7 Å². The third-order valence-corrected chi connectivity index (χ3v) is 5.75. The molecule has 0 atom stereocenters. The predicted octanol–water partition coefficient (Wildman–Crippen LogP) is 2.06. The summed E-state index contributed by atoms with van der Waals surface area (Å²) in [7, 11) is 4.11. The van der Waals surface area contributed by atoms with Crippen LogP contribution in [-0.4, -0.2) is 40.2 Å². The van der Waals surface area contributed by atoms with E-state index in [2.05, 4.69) is 10.3 Å². The summed E-state index contributed by atoms with van der Waals surface area (Å²) in [5, 5.41) is 2.80. The maximum absolute atomic E-state index is 13.2. The van der Waals surface area contributed by atoms with Crippen molar-refractivity contribution in [1.82, 2.24) is 14.1 Å². The van der Waals surface area contributed by atoms with Gasteiger partial charge in [-0.2, -0.15) is 0 Å². The van der Waals surface area contributed by atoms with Crippen molar-refractivity contribution in [2.45, 2.75) is 25.3 Å². The Labute approximate surface area is 192 Å². The number of benzene rings is 1. The molecule has 33 heavy (non-hydrogen) atoms. The van der Waals surface area contributed by atoms with E-state index in [-0.39, 0.29) is 27.5 Å². The molecule has 10 nitrogen and oxygen atoms in total. The van der Waals surface area contributed by atoms with Crippen molar-refractivity contribution in [1.29, 1.82) is 0 Å². The molecule has 172 valence electrons. The number of halogens is 1. The lowest BCUT2D eigenvalue weighted by atomic mass is 10.1. The Hall–Kier alpha value is -3.66. The molecule has 1 aliphatic rings. The van der Waals surface area contributed by atoms with Crippen LogP contribution in [0.1, 0.15) is 34.8 Å². The van der Waals surface area contributed by atoms with Crippen molar-refractivity contribution < 1.29 is 19.1 Å². The van der Waals surface area contributed by atoms with Gasteiger partial charge in [-0.3, -0.25) is 18.7 Å². The number of nitrogens with zero attached hydrogens (tertiary/aromatic N) is 3. The van der Waals surface area contributed by atoms with E-state index in [1.807, 2.05) is 0 Å². The van der Waals surface area contributed by atoms with Gasteiger partial charge in [0.15, 0.2) is 0 Å². The quantitative estimate of drug-likeness (QED) is 0.545. The van der Waals surface area contributed by atoms with Gasteiger partial charge in [-0.1, -0.05) is 11.6 Å². The van der Waals surface area contributed by atoms with Crippen LogP contribution in [0.4, 0.5) is 5.69 Å². The minimum atomic E-state index is -0.800. The number of amides is 1. The number of fused-ring (bicyclic) bond motifs is 1. The number of ether oxygens (including phenoxy) is 2. The second-order valence-electron chi connectivity index (χ2n) is 7.69. The maximum Gasteiger partial charge on any atom is 0.338 e. The summed E-state index contributed by atoms with van der Waals surface area (Å²) < 4.78 is 11.8. The van der Waals surface area contributed by atoms with Crippen molar-refractivity contribution >= 4 is 40.2 Å². The van der Waals surface area contributed by atoms with Crippen LogP contribution < -0.4 is 21.3 Å². The predicted molar refractivity (Wildman–Crippen MR) is 121 cm³/mol. The van der Waals surface area contributed by atoms with E-state index in [1.165, 1.54) is 33.4 Å². The number of hydrogen-bond donors (Lipinski definition) is 1. The first-order chi connectivity index (χ1) is 15.7. The van der Waals surface area contributed by atoms with E-state index in [0.29, 0.717) is 17.1 Å². The molecule has 11 heteroatoms. The highest BCUT2D eigenvalue weighted by Gasteiger charge is 2.29. The average Bonchev–Trinajstić information content (AvgIpc) is 3.64.